The third kappa shape index (κ3) is 10.1. The number of anilines is 1. The number of thioether (sulfide) groups is 2. The van der Waals surface area contributed by atoms with Gasteiger partial charge >= 0.3 is 12.2 Å². The standard InChI is InChI=1S/C37H40N6O3S.C23H22N2O4S/c1-26-21-35(43(38-26)27-9-3-2-4-10-27)40-17-15-39(16-18-40)28-22-34(36(44)41-19-20-47-25-41)42(23-28)37(45)46-24-33-31-13-7-5-11-29(31)30-12-6-8-14-32(30)33;26-15-11-21(22(27)24-9-10-30-14-24)25(12-15)23(28)29-13-20-18-7-3-1-5-16(18)17-6-2-4-8-19(17)20/h2-14,21,28,33-34H,15-20,22-25H2,1H3;1-8,20-21H,9-14H2/t28-,34-;21-/m00/s1. The number of Topliss-reactive ketones (excluding diaryl/α,β-unsaturated/α-hetero) is 1. The zero-order valence-electron chi connectivity index (χ0n) is 43.2. The van der Waals surface area contributed by atoms with Gasteiger partial charge in [-0.05, 0) is 70.0 Å². The van der Waals surface area contributed by atoms with Crippen LogP contribution in [0.5, 0.6) is 0 Å². The second kappa shape index (κ2) is 22.1. The predicted molar refractivity (Wildman–Crippen MR) is 299 cm³/mol. The monoisotopic (exact) mass is 1070 g/mol. The summed E-state index contributed by atoms with van der Waals surface area (Å²) in [5.41, 5.74) is 11.4. The Morgan fingerprint density at radius 3 is 1.57 bits per heavy atom. The summed E-state index contributed by atoms with van der Waals surface area (Å²) >= 11 is 3.45. The van der Waals surface area contributed by atoms with Crippen molar-refractivity contribution in [2.75, 3.05) is 93.7 Å². The van der Waals surface area contributed by atoms with E-state index >= 15 is 0 Å². The Kier molecular flexibility index (Phi) is 14.6. The maximum absolute atomic E-state index is 13.9. The number of nitrogens with zero attached hydrogens (tertiary/aromatic N) is 8. The number of piperazine rings is 1. The summed E-state index contributed by atoms with van der Waals surface area (Å²) in [6, 6.07) is 44.3. The van der Waals surface area contributed by atoms with E-state index in [0.29, 0.717) is 31.3 Å². The number of rotatable bonds is 9. The minimum atomic E-state index is -0.744. The van der Waals surface area contributed by atoms with E-state index in [1.807, 2.05) is 71.1 Å². The third-order valence-corrected chi connectivity index (χ3v) is 18.2. The molecule has 5 fully saturated rings. The number of aromatic nitrogens is 2. The van der Waals surface area contributed by atoms with Gasteiger partial charge in [0.25, 0.3) is 0 Å². The number of aryl methyl sites for hydroxylation is 1. The molecule has 0 N–H and O–H groups in total. The number of hydrogen-bond donors (Lipinski definition) is 0. The van der Waals surface area contributed by atoms with Crippen LogP contribution in [0.3, 0.4) is 0 Å². The number of carbonyl (C=O) groups excluding carboxylic acids is 5. The van der Waals surface area contributed by atoms with Crippen LogP contribution in [0.25, 0.3) is 27.9 Å². The Bertz CT molecular complexity index is 3100. The number of fused-ring (bicyclic) bond motifs is 6. The van der Waals surface area contributed by atoms with Gasteiger partial charge in [0, 0.05) is 87.7 Å². The zero-order valence-corrected chi connectivity index (χ0v) is 44.8. The maximum Gasteiger partial charge on any atom is 0.410 e. The Hall–Kier alpha value is -7.08. The second-order valence-corrected chi connectivity index (χ2v) is 22.9. The summed E-state index contributed by atoms with van der Waals surface area (Å²) in [7, 11) is 0. The molecule has 5 aliphatic heterocycles. The lowest BCUT2D eigenvalue weighted by Gasteiger charge is -2.38. The first-order valence-corrected chi connectivity index (χ1v) is 29.1. The lowest BCUT2D eigenvalue weighted by molar-refractivity contribution is -0.134. The van der Waals surface area contributed by atoms with Gasteiger partial charge < -0.3 is 24.2 Å². The second-order valence-electron chi connectivity index (χ2n) is 20.7. The fourth-order valence-corrected chi connectivity index (χ4v) is 14.3. The zero-order chi connectivity index (χ0) is 52.6. The Morgan fingerprint density at radius 1 is 0.584 bits per heavy atom. The number of amides is 4. The van der Waals surface area contributed by atoms with Crippen molar-refractivity contribution in [2.24, 2.45) is 0 Å². The summed E-state index contributed by atoms with van der Waals surface area (Å²) in [4.78, 5) is 77.0. The molecule has 1 aromatic heterocycles. The molecule has 6 aromatic rings. The summed E-state index contributed by atoms with van der Waals surface area (Å²) < 4.78 is 13.8. The number of para-hydroxylation sites is 1. The van der Waals surface area contributed by atoms with Crippen molar-refractivity contribution >= 4 is 59.1 Å². The number of hydrogen-bond acceptors (Lipinski definition) is 12. The van der Waals surface area contributed by atoms with Gasteiger partial charge in [0.2, 0.25) is 11.8 Å². The van der Waals surface area contributed by atoms with Crippen molar-refractivity contribution in [3.05, 3.63) is 161 Å². The normalized spacial score (nSPS) is 20.9. The van der Waals surface area contributed by atoms with E-state index in [-0.39, 0.29) is 67.7 Å². The molecule has 5 saturated heterocycles. The number of carbonyl (C=O) groups is 5. The first-order valence-electron chi connectivity index (χ1n) is 26.8. The molecule has 4 amide bonds. The Balaban J connectivity index is 0.000000171. The molecule has 0 spiro atoms. The Labute approximate surface area is 457 Å². The molecule has 5 aromatic carbocycles. The molecule has 396 valence electrons. The van der Waals surface area contributed by atoms with Crippen LogP contribution in [-0.2, 0) is 23.9 Å². The van der Waals surface area contributed by atoms with E-state index in [0.717, 1.165) is 83.7 Å². The van der Waals surface area contributed by atoms with E-state index in [9.17, 15) is 24.0 Å². The fraction of sp³-hybridized carbons (Fsp3) is 0.367. The fourth-order valence-electron chi connectivity index (χ4n) is 12.4. The van der Waals surface area contributed by atoms with Crippen LogP contribution in [0.4, 0.5) is 15.4 Å². The van der Waals surface area contributed by atoms with E-state index < -0.39 is 18.2 Å². The first-order chi connectivity index (χ1) is 37.7. The third-order valence-electron chi connectivity index (χ3n) is 16.2. The molecule has 15 nitrogen and oxygen atoms in total. The van der Waals surface area contributed by atoms with Crippen LogP contribution in [0.2, 0.25) is 0 Å². The molecule has 2 aliphatic carbocycles. The lowest BCUT2D eigenvalue weighted by atomic mass is 9.98. The molecule has 77 heavy (non-hydrogen) atoms. The quantitative estimate of drug-likeness (QED) is 0.138. The molecular weight excluding hydrogens is 1010 g/mol. The van der Waals surface area contributed by atoms with Crippen LogP contribution >= 0.6 is 23.5 Å². The molecule has 13 rings (SSSR count). The molecule has 0 unspecified atom stereocenters. The highest BCUT2D eigenvalue weighted by Gasteiger charge is 2.46. The highest BCUT2D eigenvalue weighted by Crippen LogP contribution is 2.46. The molecule has 0 saturated carbocycles. The van der Waals surface area contributed by atoms with Crippen molar-refractivity contribution in [1.82, 2.24) is 34.3 Å². The molecule has 6 heterocycles. The summed E-state index contributed by atoms with van der Waals surface area (Å²) in [5.74, 6) is 3.94. The van der Waals surface area contributed by atoms with Gasteiger partial charge in [-0.25, -0.2) is 14.3 Å². The number of likely N-dealkylation sites (tertiary alicyclic amines) is 2. The number of ether oxygens (including phenoxy) is 2. The van der Waals surface area contributed by atoms with Gasteiger partial charge in [-0.2, -0.15) is 5.10 Å². The summed E-state index contributed by atoms with van der Waals surface area (Å²) in [6.45, 7) is 7.69. The minimum Gasteiger partial charge on any atom is -0.448 e. The van der Waals surface area contributed by atoms with E-state index in [1.54, 1.807) is 33.3 Å². The Morgan fingerprint density at radius 2 is 1.06 bits per heavy atom. The number of ketones is 1. The topological polar surface area (TPSA) is 141 Å². The molecular formula is C60H62N8O7S2. The summed E-state index contributed by atoms with van der Waals surface area (Å²) in [6.07, 6.45) is -0.275. The smallest absolute Gasteiger partial charge is 0.410 e. The van der Waals surface area contributed by atoms with Crippen LogP contribution in [0.1, 0.15) is 52.6 Å². The van der Waals surface area contributed by atoms with Crippen LogP contribution in [0, 0.1) is 6.92 Å². The molecule has 0 radical (unpaired) electrons. The number of benzene rings is 5. The average Bonchev–Trinajstić information content (AvgIpc) is 4.36. The van der Waals surface area contributed by atoms with Crippen molar-refractivity contribution in [3.8, 4) is 27.9 Å². The average molecular weight is 1070 g/mol. The van der Waals surface area contributed by atoms with Crippen LogP contribution in [0.15, 0.2) is 133 Å². The van der Waals surface area contributed by atoms with Crippen LogP contribution in [-0.4, -0.2) is 171 Å². The largest absolute Gasteiger partial charge is 0.448 e. The maximum atomic E-state index is 13.9. The predicted octanol–water partition coefficient (Wildman–Crippen LogP) is 8.34. The molecule has 3 atom stereocenters. The lowest BCUT2D eigenvalue weighted by Crippen LogP contribution is -2.51. The SMILES string of the molecule is Cc1cc(N2CCN([C@H]3C[C@@H](C(=O)N4CCSC4)N(C(=O)OCC4c5ccccc5-c5ccccc54)C3)CC2)n(-c2ccccc2)n1.O=C1C[C@@H](C(=O)N2CCSC2)N(C(=O)OCC2c3ccccc3-c3ccccc32)C1. The van der Waals surface area contributed by atoms with E-state index in [1.165, 1.54) is 27.2 Å². The molecule has 17 heteroatoms. The summed E-state index contributed by atoms with van der Waals surface area (Å²) in [5, 5.41) is 4.78. The van der Waals surface area contributed by atoms with Gasteiger partial charge in [0.05, 0.1) is 29.7 Å². The molecule has 7 aliphatic rings. The van der Waals surface area contributed by atoms with E-state index in [4.69, 9.17) is 14.6 Å². The van der Waals surface area contributed by atoms with Crippen molar-refractivity contribution < 1.29 is 33.4 Å². The van der Waals surface area contributed by atoms with Gasteiger partial charge in [0.15, 0.2) is 5.78 Å². The van der Waals surface area contributed by atoms with Gasteiger partial charge in [-0.3, -0.25) is 29.1 Å². The van der Waals surface area contributed by atoms with Crippen molar-refractivity contribution in [2.45, 2.75) is 49.7 Å². The van der Waals surface area contributed by atoms with Crippen LogP contribution < -0.4 is 4.90 Å². The highest BCUT2D eigenvalue weighted by atomic mass is 32.2. The van der Waals surface area contributed by atoms with E-state index in [2.05, 4.69) is 88.7 Å². The van der Waals surface area contributed by atoms with Gasteiger partial charge in [-0.15, -0.1) is 23.5 Å². The van der Waals surface area contributed by atoms with Crippen molar-refractivity contribution in [1.29, 1.82) is 0 Å². The van der Waals surface area contributed by atoms with Gasteiger partial charge in [-0.1, -0.05) is 115 Å². The minimum absolute atomic E-state index is 0.0186. The highest BCUT2D eigenvalue weighted by molar-refractivity contribution is 7.99. The van der Waals surface area contributed by atoms with Gasteiger partial charge in [0.1, 0.15) is 31.1 Å². The first kappa shape index (κ1) is 50.7. The molecule has 0 bridgehead atoms. The van der Waals surface area contributed by atoms with Crippen molar-refractivity contribution in [3.63, 3.8) is 0 Å².